The minimum absolute atomic E-state index is 0.146. The average Bonchev–Trinajstić information content (AvgIpc) is 3.17. The van der Waals surface area contributed by atoms with Crippen molar-refractivity contribution >= 4 is 27.5 Å². The standard InChI is InChI=1S/C22H17BrFN5O/c1-13-18-9-15(17-3-2-7-25-21(17)24)5-4-14(18)6-8-28(13)22(30)19-10-20-26-11-16(23)12-29(20)27-19/h2-5,7,9-13H,6,8H2,1H3. The summed E-state index contributed by atoms with van der Waals surface area (Å²) in [7, 11) is 0. The van der Waals surface area contributed by atoms with E-state index in [9.17, 15) is 9.18 Å². The highest BCUT2D eigenvalue weighted by Crippen LogP contribution is 2.34. The predicted molar refractivity (Wildman–Crippen MR) is 113 cm³/mol. The van der Waals surface area contributed by atoms with E-state index in [0.717, 1.165) is 22.0 Å². The molecule has 1 aliphatic heterocycles. The zero-order valence-corrected chi connectivity index (χ0v) is 17.7. The van der Waals surface area contributed by atoms with Crippen molar-refractivity contribution in [2.45, 2.75) is 19.4 Å². The lowest BCUT2D eigenvalue weighted by atomic mass is 9.90. The summed E-state index contributed by atoms with van der Waals surface area (Å²) in [6, 6.07) is 10.8. The number of benzene rings is 1. The molecule has 5 rings (SSSR count). The Morgan fingerprint density at radius 1 is 1.23 bits per heavy atom. The molecule has 6 nitrogen and oxygen atoms in total. The van der Waals surface area contributed by atoms with E-state index in [-0.39, 0.29) is 11.9 Å². The van der Waals surface area contributed by atoms with E-state index in [2.05, 4.69) is 31.0 Å². The lowest BCUT2D eigenvalue weighted by Gasteiger charge is -2.35. The van der Waals surface area contributed by atoms with Crippen molar-refractivity contribution in [2.24, 2.45) is 0 Å². The highest BCUT2D eigenvalue weighted by atomic mass is 79.9. The summed E-state index contributed by atoms with van der Waals surface area (Å²) in [5.41, 5.74) is 4.35. The molecule has 8 heteroatoms. The smallest absolute Gasteiger partial charge is 0.274 e. The van der Waals surface area contributed by atoms with Crippen LogP contribution in [0.1, 0.15) is 34.6 Å². The molecule has 0 aliphatic carbocycles. The normalized spacial score (nSPS) is 16.0. The van der Waals surface area contributed by atoms with Gasteiger partial charge in [0.05, 0.1) is 10.5 Å². The first kappa shape index (κ1) is 18.9. The maximum atomic E-state index is 14.2. The zero-order chi connectivity index (χ0) is 20.8. The summed E-state index contributed by atoms with van der Waals surface area (Å²) in [5, 5.41) is 4.39. The minimum Gasteiger partial charge on any atom is -0.330 e. The highest BCUT2D eigenvalue weighted by molar-refractivity contribution is 9.10. The molecule has 4 heterocycles. The molecule has 0 bridgehead atoms. The van der Waals surface area contributed by atoms with Crippen molar-refractivity contribution in [3.05, 3.63) is 82.2 Å². The fraction of sp³-hybridized carbons (Fsp3) is 0.182. The quantitative estimate of drug-likeness (QED) is 0.410. The lowest BCUT2D eigenvalue weighted by molar-refractivity contribution is 0.0671. The van der Waals surface area contributed by atoms with Crippen LogP contribution in [-0.4, -0.2) is 36.9 Å². The Bertz CT molecular complexity index is 1290. The first-order valence-electron chi connectivity index (χ1n) is 9.57. The first-order valence-corrected chi connectivity index (χ1v) is 10.4. The number of carbonyl (C=O) groups is 1. The molecule has 0 N–H and O–H groups in total. The van der Waals surface area contributed by atoms with Crippen molar-refractivity contribution < 1.29 is 9.18 Å². The molecular weight excluding hydrogens is 449 g/mol. The van der Waals surface area contributed by atoms with Crippen molar-refractivity contribution in [3.63, 3.8) is 0 Å². The van der Waals surface area contributed by atoms with Crippen LogP contribution < -0.4 is 0 Å². The van der Waals surface area contributed by atoms with Crippen LogP contribution in [0.3, 0.4) is 0 Å². The molecular formula is C22H17BrFN5O. The number of fused-ring (bicyclic) bond motifs is 2. The number of amides is 1. The van der Waals surface area contributed by atoms with Gasteiger partial charge in [0, 0.05) is 36.8 Å². The molecule has 0 spiro atoms. The topological polar surface area (TPSA) is 63.4 Å². The van der Waals surface area contributed by atoms with Gasteiger partial charge in [0.15, 0.2) is 11.3 Å². The van der Waals surface area contributed by atoms with Crippen LogP contribution >= 0.6 is 15.9 Å². The molecule has 1 aliphatic rings. The van der Waals surface area contributed by atoms with E-state index in [1.807, 2.05) is 30.0 Å². The molecule has 4 aromatic rings. The Kier molecular flexibility index (Phi) is 4.58. The highest BCUT2D eigenvalue weighted by Gasteiger charge is 2.30. The molecule has 150 valence electrons. The van der Waals surface area contributed by atoms with E-state index < -0.39 is 5.95 Å². The maximum Gasteiger partial charge on any atom is 0.274 e. The molecule has 1 unspecified atom stereocenters. The number of hydrogen-bond donors (Lipinski definition) is 0. The Labute approximate surface area is 180 Å². The summed E-state index contributed by atoms with van der Waals surface area (Å²) in [6.45, 7) is 2.59. The molecule has 30 heavy (non-hydrogen) atoms. The van der Waals surface area contributed by atoms with Gasteiger partial charge in [-0.05, 0) is 64.2 Å². The van der Waals surface area contributed by atoms with Gasteiger partial charge in [-0.3, -0.25) is 4.79 Å². The van der Waals surface area contributed by atoms with Crippen LogP contribution in [0.5, 0.6) is 0 Å². The molecule has 1 amide bonds. The van der Waals surface area contributed by atoms with Crippen LogP contribution in [0.15, 0.2) is 59.5 Å². The van der Waals surface area contributed by atoms with Crippen LogP contribution in [0, 0.1) is 5.95 Å². The van der Waals surface area contributed by atoms with Gasteiger partial charge in [-0.2, -0.15) is 9.49 Å². The molecule has 0 saturated heterocycles. The van der Waals surface area contributed by atoms with Crippen molar-refractivity contribution in [1.82, 2.24) is 24.5 Å². The Hall–Kier alpha value is -3.13. The Morgan fingerprint density at radius 3 is 2.93 bits per heavy atom. The fourth-order valence-electron chi connectivity index (χ4n) is 3.97. The summed E-state index contributed by atoms with van der Waals surface area (Å²) < 4.78 is 16.5. The Balaban J connectivity index is 1.49. The molecule has 3 aromatic heterocycles. The summed E-state index contributed by atoms with van der Waals surface area (Å²) in [5.74, 6) is -0.648. The van der Waals surface area contributed by atoms with Crippen molar-refractivity contribution in [1.29, 1.82) is 0 Å². The monoisotopic (exact) mass is 465 g/mol. The number of carbonyl (C=O) groups excluding carboxylic acids is 1. The van der Waals surface area contributed by atoms with Gasteiger partial charge < -0.3 is 4.90 Å². The van der Waals surface area contributed by atoms with Crippen molar-refractivity contribution in [2.75, 3.05) is 6.54 Å². The average molecular weight is 466 g/mol. The van der Waals surface area contributed by atoms with E-state index in [0.29, 0.717) is 23.4 Å². The number of aromatic nitrogens is 4. The Morgan fingerprint density at radius 2 is 2.10 bits per heavy atom. The second kappa shape index (κ2) is 7.28. The van der Waals surface area contributed by atoms with E-state index in [1.165, 1.54) is 11.8 Å². The predicted octanol–water partition coefficient (Wildman–Crippen LogP) is 4.45. The van der Waals surface area contributed by atoms with E-state index in [1.54, 1.807) is 35.1 Å². The van der Waals surface area contributed by atoms with Crippen LogP contribution in [0.4, 0.5) is 4.39 Å². The number of rotatable bonds is 2. The lowest BCUT2D eigenvalue weighted by Crippen LogP contribution is -2.39. The van der Waals surface area contributed by atoms with Gasteiger partial charge in [0.2, 0.25) is 5.95 Å². The van der Waals surface area contributed by atoms with Gasteiger partial charge >= 0.3 is 0 Å². The molecule has 0 saturated carbocycles. The van der Waals surface area contributed by atoms with Gasteiger partial charge in [-0.25, -0.2) is 14.5 Å². The maximum absolute atomic E-state index is 14.2. The SMILES string of the molecule is CC1c2cc(-c3cccnc3F)ccc2CCN1C(=O)c1cc2ncc(Br)cn2n1. The van der Waals surface area contributed by atoms with E-state index in [4.69, 9.17) is 0 Å². The number of hydrogen-bond acceptors (Lipinski definition) is 4. The van der Waals surface area contributed by atoms with Crippen molar-refractivity contribution in [3.8, 4) is 11.1 Å². The van der Waals surface area contributed by atoms with Crippen LogP contribution in [0.25, 0.3) is 16.8 Å². The number of pyridine rings is 1. The van der Waals surface area contributed by atoms with E-state index >= 15 is 0 Å². The summed E-state index contributed by atoms with van der Waals surface area (Å²) in [4.78, 5) is 23.1. The minimum atomic E-state index is -0.503. The first-order chi connectivity index (χ1) is 14.5. The van der Waals surface area contributed by atoms with Crippen LogP contribution in [-0.2, 0) is 6.42 Å². The molecule has 1 atom stereocenters. The fourth-order valence-corrected chi connectivity index (χ4v) is 4.26. The molecule has 1 aromatic carbocycles. The number of halogens is 2. The summed E-state index contributed by atoms with van der Waals surface area (Å²) >= 11 is 3.36. The zero-order valence-electron chi connectivity index (χ0n) is 16.1. The van der Waals surface area contributed by atoms with Crippen LogP contribution in [0.2, 0.25) is 0 Å². The number of nitrogens with zero attached hydrogens (tertiary/aromatic N) is 5. The van der Waals surface area contributed by atoms with Gasteiger partial charge in [-0.1, -0.05) is 12.1 Å². The second-order valence-electron chi connectivity index (χ2n) is 7.28. The molecule has 0 fully saturated rings. The third-order valence-corrected chi connectivity index (χ3v) is 5.93. The largest absolute Gasteiger partial charge is 0.330 e. The third-order valence-electron chi connectivity index (χ3n) is 5.52. The van der Waals surface area contributed by atoms with Gasteiger partial charge in [-0.15, -0.1) is 0 Å². The van der Waals surface area contributed by atoms with Gasteiger partial charge in [0.1, 0.15) is 0 Å². The third kappa shape index (κ3) is 3.17. The van der Waals surface area contributed by atoms with Gasteiger partial charge in [0.25, 0.3) is 5.91 Å². The molecule has 0 radical (unpaired) electrons. The summed E-state index contributed by atoms with van der Waals surface area (Å²) in [6.07, 6.45) is 5.60. The second-order valence-corrected chi connectivity index (χ2v) is 8.20.